The molecule has 1 amide bonds. The van der Waals surface area contributed by atoms with Crippen molar-refractivity contribution < 1.29 is 14.3 Å². The van der Waals surface area contributed by atoms with E-state index in [1.165, 1.54) is 6.92 Å². The minimum Gasteiger partial charge on any atom is -0.426 e. The summed E-state index contributed by atoms with van der Waals surface area (Å²) in [5.41, 5.74) is 3.12. The lowest BCUT2D eigenvalue weighted by molar-refractivity contribution is -0.134. The van der Waals surface area contributed by atoms with Gasteiger partial charge in [0.15, 0.2) is 0 Å². The van der Waals surface area contributed by atoms with Crippen LogP contribution in [0.5, 0.6) is 5.75 Å². The number of rotatable bonds is 4. The highest BCUT2D eigenvalue weighted by atomic mass is 16.5. The molecule has 1 aromatic carbocycles. The molecule has 0 fully saturated rings. The monoisotopic (exact) mass is 249 g/mol. The van der Waals surface area contributed by atoms with E-state index < -0.39 is 0 Å². The van der Waals surface area contributed by atoms with Crippen molar-refractivity contribution in [1.29, 1.82) is 0 Å². The summed E-state index contributed by atoms with van der Waals surface area (Å²) in [5.74, 6) is 0.113. The number of ether oxygens (including phenoxy) is 1. The lowest BCUT2D eigenvalue weighted by Gasteiger charge is -2.11. The molecule has 0 aliphatic carbocycles. The minimum absolute atomic E-state index is 0.148. The van der Waals surface area contributed by atoms with Crippen molar-refractivity contribution in [2.24, 2.45) is 0 Å². The number of aryl methyl sites for hydroxylation is 2. The molecule has 0 aliphatic heterocycles. The van der Waals surface area contributed by atoms with Crippen LogP contribution in [0.1, 0.15) is 30.0 Å². The van der Waals surface area contributed by atoms with Gasteiger partial charge < -0.3 is 10.1 Å². The number of amides is 1. The molecule has 1 N–H and O–H groups in total. The van der Waals surface area contributed by atoms with Crippen LogP contribution in [0.15, 0.2) is 12.1 Å². The molecule has 4 heteroatoms. The van der Waals surface area contributed by atoms with Crippen molar-refractivity contribution in [3.05, 3.63) is 28.8 Å². The molecule has 0 saturated carbocycles. The van der Waals surface area contributed by atoms with Gasteiger partial charge in [0.1, 0.15) is 5.75 Å². The fourth-order valence-electron chi connectivity index (χ4n) is 1.62. The molecule has 0 atom stereocenters. The SMILES string of the molecule is CC(=O)NCCC(=O)Oc1cc(C)cc(C)c1C. The van der Waals surface area contributed by atoms with Crippen molar-refractivity contribution in [3.8, 4) is 5.75 Å². The molecule has 0 bridgehead atoms. The number of nitrogens with one attached hydrogen (secondary N) is 1. The number of esters is 1. The second kappa shape index (κ2) is 6.19. The fourth-order valence-corrected chi connectivity index (χ4v) is 1.62. The smallest absolute Gasteiger partial charge is 0.312 e. The molecule has 0 saturated heterocycles. The van der Waals surface area contributed by atoms with E-state index in [2.05, 4.69) is 5.32 Å². The van der Waals surface area contributed by atoms with Gasteiger partial charge in [-0.3, -0.25) is 9.59 Å². The third kappa shape index (κ3) is 4.20. The summed E-state index contributed by atoms with van der Waals surface area (Å²) in [6, 6.07) is 3.89. The van der Waals surface area contributed by atoms with Crippen LogP contribution in [0.3, 0.4) is 0 Å². The Morgan fingerprint density at radius 2 is 1.89 bits per heavy atom. The molecule has 1 aromatic rings. The third-order valence-electron chi connectivity index (χ3n) is 2.69. The highest BCUT2D eigenvalue weighted by Crippen LogP contribution is 2.23. The largest absolute Gasteiger partial charge is 0.426 e. The number of benzene rings is 1. The number of carbonyl (C=O) groups is 2. The number of hydrogen-bond acceptors (Lipinski definition) is 3. The molecule has 18 heavy (non-hydrogen) atoms. The topological polar surface area (TPSA) is 55.4 Å². The standard InChI is InChI=1S/C14H19NO3/c1-9-7-10(2)11(3)13(8-9)18-14(17)5-6-15-12(4)16/h7-8H,5-6H2,1-4H3,(H,15,16). The van der Waals surface area contributed by atoms with Crippen LogP contribution in [-0.2, 0) is 9.59 Å². The summed E-state index contributed by atoms with van der Waals surface area (Å²) in [4.78, 5) is 22.3. The summed E-state index contributed by atoms with van der Waals surface area (Å²) in [6.07, 6.45) is 0.173. The Balaban J connectivity index is 2.62. The Kier molecular flexibility index (Phi) is 4.89. The van der Waals surface area contributed by atoms with E-state index in [9.17, 15) is 9.59 Å². The summed E-state index contributed by atoms with van der Waals surface area (Å²) in [6.45, 7) is 7.58. The average molecular weight is 249 g/mol. The van der Waals surface area contributed by atoms with Crippen molar-refractivity contribution in [3.63, 3.8) is 0 Å². The van der Waals surface area contributed by atoms with Crippen LogP contribution < -0.4 is 10.1 Å². The molecule has 4 nitrogen and oxygen atoms in total. The van der Waals surface area contributed by atoms with Crippen molar-refractivity contribution in [1.82, 2.24) is 5.32 Å². The molecule has 0 radical (unpaired) electrons. The number of hydrogen-bond donors (Lipinski definition) is 1. The van der Waals surface area contributed by atoms with Gasteiger partial charge in [0.25, 0.3) is 0 Å². The first-order valence-electron chi connectivity index (χ1n) is 5.93. The maximum atomic E-state index is 11.6. The van der Waals surface area contributed by atoms with Crippen LogP contribution in [-0.4, -0.2) is 18.4 Å². The first-order chi connectivity index (χ1) is 8.40. The number of carbonyl (C=O) groups excluding carboxylic acids is 2. The third-order valence-corrected chi connectivity index (χ3v) is 2.69. The van der Waals surface area contributed by atoms with E-state index in [-0.39, 0.29) is 18.3 Å². The molecule has 0 spiro atoms. The second-order valence-electron chi connectivity index (χ2n) is 4.41. The van der Waals surface area contributed by atoms with Gasteiger partial charge in [-0.1, -0.05) is 6.07 Å². The Morgan fingerprint density at radius 1 is 1.22 bits per heavy atom. The lowest BCUT2D eigenvalue weighted by Crippen LogP contribution is -2.24. The van der Waals surface area contributed by atoms with E-state index in [4.69, 9.17) is 4.74 Å². The second-order valence-corrected chi connectivity index (χ2v) is 4.41. The fraction of sp³-hybridized carbons (Fsp3) is 0.429. The van der Waals surface area contributed by atoms with Crippen molar-refractivity contribution >= 4 is 11.9 Å². The van der Waals surface area contributed by atoms with Crippen LogP contribution in [0.4, 0.5) is 0 Å². The Labute approximate surface area is 107 Å². The van der Waals surface area contributed by atoms with Gasteiger partial charge in [0.05, 0.1) is 6.42 Å². The lowest BCUT2D eigenvalue weighted by atomic mass is 10.1. The van der Waals surface area contributed by atoms with Gasteiger partial charge in [-0.15, -0.1) is 0 Å². The Hall–Kier alpha value is -1.84. The van der Waals surface area contributed by atoms with Gasteiger partial charge >= 0.3 is 5.97 Å². The molecule has 0 unspecified atom stereocenters. The molecule has 0 aromatic heterocycles. The molecule has 98 valence electrons. The zero-order valence-corrected chi connectivity index (χ0v) is 11.3. The van der Waals surface area contributed by atoms with Crippen LogP contribution in [0.2, 0.25) is 0 Å². The quantitative estimate of drug-likeness (QED) is 0.656. The zero-order valence-electron chi connectivity index (χ0n) is 11.3. The van der Waals surface area contributed by atoms with E-state index in [0.29, 0.717) is 12.3 Å². The van der Waals surface area contributed by atoms with E-state index in [1.807, 2.05) is 32.9 Å². The Bertz CT molecular complexity index is 466. The van der Waals surface area contributed by atoms with Crippen LogP contribution in [0, 0.1) is 20.8 Å². The molecular formula is C14H19NO3. The molecule has 0 heterocycles. The normalized spacial score (nSPS) is 10.0. The van der Waals surface area contributed by atoms with Gasteiger partial charge in [-0.2, -0.15) is 0 Å². The van der Waals surface area contributed by atoms with Crippen LogP contribution in [0.25, 0.3) is 0 Å². The van der Waals surface area contributed by atoms with Crippen LogP contribution >= 0.6 is 0 Å². The maximum Gasteiger partial charge on any atom is 0.312 e. The van der Waals surface area contributed by atoms with E-state index in [0.717, 1.165) is 16.7 Å². The first-order valence-corrected chi connectivity index (χ1v) is 5.93. The Morgan fingerprint density at radius 3 is 2.50 bits per heavy atom. The average Bonchev–Trinajstić information content (AvgIpc) is 2.24. The van der Waals surface area contributed by atoms with Gasteiger partial charge in [0.2, 0.25) is 5.91 Å². The minimum atomic E-state index is -0.336. The van der Waals surface area contributed by atoms with Crippen molar-refractivity contribution in [2.75, 3.05) is 6.54 Å². The summed E-state index contributed by atoms with van der Waals surface area (Å²) < 4.78 is 5.30. The highest BCUT2D eigenvalue weighted by Gasteiger charge is 2.09. The van der Waals surface area contributed by atoms with Crippen molar-refractivity contribution in [2.45, 2.75) is 34.1 Å². The molecular weight excluding hydrogens is 230 g/mol. The first kappa shape index (κ1) is 14.2. The molecule has 0 aliphatic rings. The van der Waals surface area contributed by atoms with E-state index >= 15 is 0 Å². The van der Waals surface area contributed by atoms with Gasteiger partial charge in [-0.05, 0) is 43.5 Å². The van der Waals surface area contributed by atoms with Gasteiger partial charge in [-0.25, -0.2) is 0 Å². The summed E-state index contributed by atoms with van der Waals surface area (Å²) in [7, 11) is 0. The predicted octanol–water partition coefficient (Wildman–Crippen LogP) is 2.04. The summed E-state index contributed by atoms with van der Waals surface area (Å²) >= 11 is 0. The summed E-state index contributed by atoms with van der Waals surface area (Å²) in [5, 5.41) is 2.56. The predicted molar refractivity (Wildman–Crippen MR) is 69.6 cm³/mol. The van der Waals surface area contributed by atoms with E-state index in [1.54, 1.807) is 0 Å². The molecule has 1 rings (SSSR count). The van der Waals surface area contributed by atoms with Gasteiger partial charge in [0, 0.05) is 13.5 Å². The maximum absolute atomic E-state index is 11.6. The zero-order chi connectivity index (χ0) is 13.7. The highest BCUT2D eigenvalue weighted by molar-refractivity contribution is 5.76.